The molecule has 1 aliphatic heterocycles. The largest absolute Gasteiger partial charge is 0.319 e. The van der Waals surface area contributed by atoms with Crippen LogP contribution in [0.3, 0.4) is 0 Å². The number of hydrogen-bond donors (Lipinski definition) is 1. The predicted octanol–water partition coefficient (Wildman–Crippen LogP) is 2.53. The molecule has 1 aliphatic rings. The highest BCUT2D eigenvalue weighted by Crippen LogP contribution is 2.30. The number of rotatable bonds is 5. The van der Waals surface area contributed by atoms with Crippen LogP contribution >= 0.6 is 0 Å². The number of sulfonamides is 1. The topological polar surface area (TPSA) is 127 Å². The maximum Gasteiger partial charge on any atom is 0.293 e. The van der Waals surface area contributed by atoms with E-state index in [1.54, 1.807) is 32.0 Å². The van der Waals surface area contributed by atoms with Crippen molar-refractivity contribution in [2.24, 2.45) is 0 Å². The van der Waals surface area contributed by atoms with Gasteiger partial charge in [-0.25, -0.2) is 12.7 Å². The highest BCUT2D eigenvalue weighted by molar-refractivity contribution is 7.89. The molecule has 0 spiro atoms. The smallest absolute Gasteiger partial charge is 0.293 e. The van der Waals surface area contributed by atoms with Gasteiger partial charge >= 0.3 is 0 Å². The van der Waals surface area contributed by atoms with Crippen molar-refractivity contribution in [3.05, 3.63) is 63.7 Å². The number of carbonyl (C=O) groups excluding carboxylic acids is 2. The Bertz CT molecular complexity index is 1100. The van der Waals surface area contributed by atoms with Crippen molar-refractivity contribution in [3.63, 3.8) is 0 Å². The van der Waals surface area contributed by atoms with Gasteiger partial charge in [-0.2, -0.15) is 0 Å². The Morgan fingerprint density at radius 1 is 1.14 bits per heavy atom. The van der Waals surface area contributed by atoms with Crippen LogP contribution in [0.15, 0.2) is 47.4 Å². The minimum Gasteiger partial charge on any atom is -0.319 e. The average Bonchev–Trinajstić information content (AvgIpc) is 3.06. The van der Waals surface area contributed by atoms with Gasteiger partial charge in [0.05, 0.1) is 9.82 Å². The van der Waals surface area contributed by atoms with Gasteiger partial charge in [-0.3, -0.25) is 19.7 Å². The number of anilines is 1. The first-order chi connectivity index (χ1) is 13.6. The monoisotopic (exact) mass is 417 g/mol. The van der Waals surface area contributed by atoms with Crippen LogP contribution < -0.4 is 5.32 Å². The first-order valence-electron chi connectivity index (χ1n) is 8.81. The molecule has 1 atom stereocenters. The molecule has 2 amide bonds. The van der Waals surface area contributed by atoms with Gasteiger partial charge in [0.25, 0.3) is 15.7 Å². The summed E-state index contributed by atoms with van der Waals surface area (Å²) in [6.45, 7) is 3.46. The van der Waals surface area contributed by atoms with Gasteiger partial charge in [-0.15, -0.1) is 0 Å². The highest BCUT2D eigenvalue weighted by Gasteiger charge is 2.44. The second-order valence-corrected chi connectivity index (χ2v) is 8.64. The summed E-state index contributed by atoms with van der Waals surface area (Å²) in [5, 5.41) is 13.7. The Morgan fingerprint density at radius 2 is 1.76 bits per heavy atom. The van der Waals surface area contributed by atoms with Crippen molar-refractivity contribution in [3.8, 4) is 0 Å². The molecule has 152 valence electrons. The fraction of sp³-hybridized carbons (Fsp3) is 0.263. The molecule has 0 unspecified atom stereocenters. The van der Waals surface area contributed by atoms with E-state index < -0.39 is 32.8 Å². The summed E-state index contributed by atoms with van der Waals surface area (Å²) in [5.41, 5.74) is 1.11. The van der Waals surface area contributed by atoms with Crippen LogP contribution in [0.1, 0.15) is 24.0 Å². The van der Waals surface area contributed by atoms with E-state index in [1.807, 2.05) is 0 Å². The number of carbonyl (C=O) groups is 2. The lowest BCUT2D eigenvalue weighted by Gasteiger charge is -2.23. The summed E-state index contributed by atoms with van der Waals surface area (Å²) in [7, 11) is -4.24. The molecule has 1 saturated heterocycles. The summed E-state index contributed by atoms with van der Waals surface area (Å²) in [4.78, 5) is 35.6. The SMILES string of the molecule is Cc1ccc(S(=O)(=O)N2C(=O)CC[C@H]2C(=O)Nc2ccc(C)cc2[N+](=O)[O-])cc1. The van der Waals surface area contributed by atoms with E-state index in [0.29, 0.717) is 9.87 Å². The molecule has 2 aromatic carbocycles. The van der Waals surface area contributed by atoms with E-state index in [0.717, 1.165) is 5.56 Å². The van der Waals surface area contributed by atoms with Crippen molar-refractivity contribution >= 4 is 33.2 Å². The molecule has 1 fully saturated rings. The second-order valence-electron chi connectivity index (χ2n) is 6.83. The fourth-order valence-corrected chi connectivity index (χ4v) is 4.74. The predicted molar refractivity (Wildman–Crippen MR) is 105 cm³/mol. The van der Waals surface area contributed by atoms with Gasteiger partial charge in [-0.05, 0) is 44.0 Å². The number of nitro benzene ring substituents is 1. The first-order valence-corrected chi connectivity index (χ1v) is 10.2. The minimum absolute atomic E-state index is 0.00455. The number of nitro groups is 1. The Kier molecular flexibility index (Phi) is 5.38. The van der Waals surface area contributed by atoms with E-state index in [9.17, 15) is 28.1 Å². The van der Waals surface area contributed by atoms with Crippen molar-refractivity contribution in [2.75, 3.05) is 5.32 Å². The number of aryl methyl sites for hydroxylation is 2. The van der Waals surface area contributed by atoms with E-state index in [2.05, 4.69) is 5.32 Å². The molecule has 0 radical (unpaired) electrons. The van der Waals surface area contributed by atoms with Crippen molar-refractivity contribution in [1.29, 1.82) is 0 Å². The van der Waals surface area contributed by atoms with E-state index in [-0.39, 0.29) is 29.1 Å². The van der Waals surface area contributed by atoms with Crippen LogP contribution in [0.2, 0.25) is 0 Å². The van der Waals surface area contributed by atoms with Gasteiger partial charge in [0, 0.05) is 12.5 Å². The molecule has 9 nitrogen and oxygen atoms in total. The summed E-state index contributed by atoms with van der Waals surface area (Å²) in [5.74, 6) is -1.48. The third-order valence-corrected chi connectivity index (χ3v) is 6.49. The summed E-state index contributed by atoms with van der Waals surface area (Å²) in [6.07, 6.45) is -0.116. The fourth-order valence-electron chi connectivity index (χ4n) is 3.14. The van der Waals surface area contributed by atoms with Crippen LogP contribution in [0.4, 0.5) is 11.4 Å². The molecule has 0 aromatic heterocycles. The maximum atomic E-state index is 13.0. The minimum atomic E-state index is -4.24. The van der Waals surface area contributed by atoms with Gasteiger partial charge in [0.2, 0.25) is 11.8 Å². The van der Waals surface area contributed by atoms with Crippen LogP contribution in [-0.2, 0) is 19.6 Å². The first kappa shape index (κ1) is 20.5. The van der Waals surface area contributed by atoms with Crippen LogP contribution in [-0.4, -0.2) is 35.5 Å². The van der Waals surface area contributed by atoms with Crippen LogP contribution in [0.25, 0.3) is 0 Å². The molecule has 3 rings (SSSR count). The molecular formula is C19H19N3O6S. The van der Waals surface area contributed by atoms with Crippen molar-refractivity contribution in [1.82, 2.24) is 4.31 Å². The van der Waals surface area contributed by atoms with Gasteiger partial charge < -0.3 is 5.32 Å². The summed E-state index contributed by atoms with van der Waals surface area (Å²) in [6, 6.07) is 8.91. The molecule has 29 heavy (non-hydrogen) atoms. The zero-order valence-electron chi connectivity index (χ0n) is 15.8. The standard InChI is InChI=1S/C19H19N3O6S/c1-12-3-6-14(7-4-12)29(27,28)21-16(9-10-18(21)23)19(24)20-15-8-5-13(2)11-17(15)22(25)26/h3-8,11,16H,9-10H2,1-2H3,(H,20,24)/t16-/m0/s1. The summed E-state index contributed by atoms with van der Waals surface area (Å²) < 4.78 is 26.5. The lowest BCUT2D eigenvalue weighted by atomic mass is 10.1. The normalized spacial score (nSPS) is 16.7. The van der Waals surface area contributed by atoms with Gasteiger partial charge in [0.1, 0.15) is 11.7 Å². The van der Waals surface area contributed by atoms with Gasteiger partial charge in [-0.1, -0.05) is 23.8 Å². The second kappa shape index (κ2) is 7.63. The third kappa shape index (κ3) is 3.97. The Labute approximate surface area is 167 Å². The molecule has 0 aliphatic carbocycles. The molecule has 10 heteroatoms. The van der Waals surface area contributed by atoms with E-state index in [1.165, 1.54) is 24.3 Å². The molecule has 0 bridgehead atoms. The molecule has 1 heterocycles. The lowest BCUT2D eigenvalue weighted by Crippen LogP contribution is -2.45. The highest BCUT2D eigenvalue weighted by atomic mass is 32.2. The molecule has 2 aromatic rings. The molecular weight excluding hydrogens is 398 g/mol. The van der Waals surface area contributed by atoms with Crippen LogP contribution in [0.5, 0.6) is 0 Å². The van der Waals surface area contributed by atoms with Crippen LogP contribution in [0, 0.1) is 24.0 Å². The number of hydrogen-bond acceptors (Lipinski definition) is 6. The lowest BCUT2D eigenvalue weighted by molar-refractivity contribution is -0.384. The quantitative estimate of drug-likeness (QED) is 0.588. The van der Waals surface area contributed by atoms with E-state index in [4.69, 9.17) is 0 Å². The summed E-state index contributed by atoms with van der Waals surface area (Å²) >= 11 is 0. The number of nitrogens with one attached hydrogen (secondary N) is 1. The maximum absolute atomic E-state index is 13.0. The Balaban J connectivity index is 1.92. The number of amides is 2. The zero-order valence-corrected chi connectivity index (χ0v) is 16.6. The molecule has 0 saturated carbocycles. The van der Waals surface area contributed by atoms with Gasteiger partial charge in [0.15, 0.2) is 0 Å². The number of nitrogens with zero attached hydrogens (tertiary/aromatic N) is 2. The van der Waals surface area contributed by atoms with E-state index >= 15 is 0 Å². The Morgan fingerprint density at radius 3 is 2.38 bits per heavy atom. The molecule has 1 N–H and O–H groups in total. The third-order valence-electron chi connectivity index (χ3n) is 4.65. The van der Waals surface area contributed by atoms with Crippen molar-refractivity contribution in [2.45, 2.75) is 37.6 Å². The zero-order chi connectivity index (χ0) is 21.3. The average molecular weight is 417 g/mol. The number of benzene rings is 2. The Hall–Kier alpha value is -3.27. The van der Waals surface area contributed by atoms with Crippen molar-refractivity contribution < 1.29 is 22.9 Å².